The summed E-state index contributed by atoms with van der Waals surface area (Å²) in [6.07, 6.45) is 0.799. The standard InChI is InChI=1S/C15H15ClN4O2S/c1-9(2)6-12-17-13(22-20-12)8-23-15-19-18-14(21-15)10-4-3-5-11(16)7-10/h3-5,7,9H,6,8H2,1-2H3. The molecule has 0 fully saturated rings. The van der Waals surface area contributed by atoms with Crippen LogP contribution in [0, 0.1) is 5.92 Å². The van der Waals surface area contributed by atoms with E-state index in [1.54, 1.807) is 12.1 Å². The lowest BCUT2D eigenvalue weighted by Crippen LogP contribution is -1.96. The van der Waals surface area contributed by atoms with Crippen molar-refractivity contribution in [3.05, 3.63) is 41.0 Å². The van der Waals surface area contributed by atoms with Crippen molar-refractivity contribution in [2.45, 2.75) is 31.2 Å². The molecule has 0 atom stereocenters. The summed E-state index contributed by atoms with van der Waals surface area (Å²) in [6.45, 7) is 4.22. The summed E-state index contributed by atoms with van der Waals surface area (Å²) in [6, 6.07) is 7.27. The summed E-state index contributed by atoms with van der Waals surface area (Å²) in [5.41, 5.74) is 0.786. The third kappa shape index (κ3) is 4.33. The topological polar surface area (TPSA) is 77.8 Å². The van der Waals surface area contributed by atoms with E-state index in [4.69, 9.17) is 20.5 Å². The number of benzene rings is 1. The molecule has 2 heterocycles. The van der Waals surface area contributed by atoms with Crippen molar-refractivity contribution < 1.29 is 8.94 Å². The van der Waals surface area contributed by atoms with E-state index in [9.17, 15) is 0 Å². The van der Waals surface area contributed by atoms with Gasteiger partial charge in [-0.15, -0.1) is 10.2 Å². The van der Waals surface area contributed by atoms with E-state index in [2.05, 4.69) is 34.2 Å². The quantitative estimate of drug-likeness (QED) is 0.614. The van der Waals surface area contributed by atoms with Gasteiger partial charge >= 0.3 is 0 Å². The molecule has 0 saturated heterocycles. The number of aromatic nitrogens is 4. The molecule has 0 radical (unpaired) electrons. The summed E-state index contributed by atoms with van der Waals surface area (Å²) in [5, 5.41) is 13.0. The summed E-state index contributed by atoms with van der Waals surface area (Å²) < 4.78 is 10.8. The fraction of sp³-hybridized carbons (Fsp3) is 0.333. The van der Waals surface area contributed by atoms with Crippen LogP contribution in [-0.4, -0.2) is 20.3 Å². The lowest BCUT2D eigenvalue weighted by molar-refractivity contribution is 0.381. The minimum Gasteiger partial charge on any atom is -0.411 e. The van der Waals surface area contributed by atoms with Crippen molar-refractivity contribution in [1.29, 1.82) is 0 Å². The summed E-state index contributed by atoms with van der Waals surface area (Å²) >= 11 is 7.31. The molecule has 0 saturated carbocycles. The summed E-state index contributed by atoms with van der Waals surface area (Å²) in [4.78, 5) is 4.34. The van der Waals surface area contributed by atoms with Crippen LogP contribution in [0.5, 0.6) is 0 Å². The SMILES string of the molecule is CC(C)Cc1noc(CSc2nnc(-c3cccc(Cl)c3)o2)n1. The van der Waals surface area contributed by atoms with Crippen molar-refractivity contribution in [2.75, 3.05) is 0 Å². The van der Waals surface area contributed by atoms with Gasteiger partial charge in [0, 0.05) is 17.0 Å². The fourth-order valence-electron chi connectivity index (χ4n) is 1.93. The average Bonchev–Trinajstić information content (AvgIpc) is 3.14. The monoisotopic (exact) mass is 350 g/mol. The van der Waals surface area contributed by atoms with E-state index in [1.165, 1.54) is 11.8 Å². The van der Waals surface area contributed by atoms with Crippen LogP contribution in [0.4, 0.5) is 0 Å². The van der Waals surface area contributed by atoms with Crippen LogP contribution in [0.3, 0.4) is 0 Å². The molecule has 0 aliphatic heterocycles. The van der Waals surface area contributed by atoms with Gasteiger partial charge in [-0.05, 0) is 24.1 Å². The molecule has 0 aliphatic carbocycles. The second-order valence-electron chi connectivity index (χ2n) is 5.37. The van der Waals surface area contributed by atoms with Gasteiger partial charge in [0.25, 0.3) is 5.22 Å². The maximum absolute atomic E-state index is 5.96. The van der Waals surface area contributed by atoms with Gasteiger partial charge in [-0.2, -0.15) is 4.98 Å². The van der Waals surface area contributed by atoms with Gasteiger partial charge < -0.3 is 8.94 Å². The molecule has 1 aromatic carbocycles. The molecule has 2 aromatic heterocycles. The second-order valence-corrected chi connectivity index (χ2v) is 6.74. The number of rotatable bonds is 6. The normalized spacial score (nSPS) is 11.3. The largest absolute Gasteiger partial charge is 0.411 e. The fourth-order valence-corrected chi connectivity index (χ4v) is 2.72. The van der Waals surface area contributed by atoms with Crippen molar-refractivity contribution >= 4 is 23.4 Å². The van der Waals surface area contributed by atoms with Crippen LogP contribution in [0.25, 0.3) is 11.5 Å². The van der Waals surface area contributed by atoms with Crippen LogP contribution in [0.2, 0.25) is 5.02 Å². The Morgan fingerprint density at radius 2 is 2.13 bits per heavy atom. The van der Waals surface area contributed by atoms with E-state index in [-0.39, 0.29) is 0 Å². The Morgan fingerprint density at radius 1 is 1.26 bits per heavy atom. The zero-order valence-electron chi connectivity index (χ0n) is 12.7. The highest BCUT2D eigenvalue weighted by atomic mass is 35.5. The Morgan fingerprint density at radius 3 is 2.91 bits per heavy atom. The van der Waals surface area contributed by atoms with Crippen LogP contribution < -0.4 is 0 Å². The van der Waals surface area contributed by atoms with Crippen molar-refractivity contribution in [3.63, 3.8) is 0 Å². The Hall–Kier alpha value is -1.86. The molecule has 0 N–H and O–H groups in total. The smallest absolute Gasteiger partial charge is 0.277 e. The zero-order chi connectivity index (χ0) is 16.2. The molecular formula is C15H15ClN4O2S. The Labute approximate surface area is 142 Å². The molecule has 8 heteroatoms. The van der Waals surface area contributed by atoms with E-state index >= 15 is 0 Å². The summed E-state index contributed by atoms with van der Waals surface area (Å²) in [5.74, 6) is 2.68. The van der Waals surface area contributed by atoms with E-state index in [1.807, 2.05) is 12.1 Å². The van der Waals surface area contributed by atoms with Gasteiger partial charge in [0.2, 0.25) is 11.8 Å². The highest BCUT2D eigenvalue weighted by molar-refractivity contribution is 7.98. The van der Waals surface area contributed by atoms with Crippen LogP contribution in [0.1, 0.15) is 25.6 Å². The van der Waals surface area contributed by atoms with Crippen molar-refractivity contribution in [3.8, 4) is 11.5 Å². The molecule has 6 nitrogen and oxygen atoms in total. The maximum Gasteiger partial charge on any atom is 0.277 e. The number of nitrogens with zero attached hydrogens (tertiary/aromatic N) is 4. The minimum absolute atomic E-state index is 0.432. The van der Waals surface area contributed by atoms with Crippen molar-refractivity contribution in [2.24, 2.45) is 5.92 Å². The third-order valence-electron chi connectivity index (χ3n) is 2.90. The van der Waals surface area contributed by atoms with Gasteiger partial charge in [0.15, 0.2) is 5.82 Å². The predicted octanol–water partition coefficient (Wildman–Crippen LogP) is 4.26. The third-order valence-corrected chi connectivity index (χ3v) is 3.94. The number of hydrogen-bond donors (Lipinski definition) is 0. The Balaban J connectivity index is 1.62. The number of hydrogen-bond acceptors (Lipinski definition) is 7. The average molecular weight is 351 g/mol. The van der Waals surface area contributed by atoms with E-state index in [0.717, 1.165) is 17.8 Å². The van der Waals surface area contributed by atoms with Gasteiger partial charge in [0.05, 0.1) is 5.75 Å². The molecule has 0 aliphatic rings. The van der Waals surface area contributed by atoms with E-state index < -0.39 is 0 Å². The van der Waals surface area contributed by atoms with Gasteiger partial charge in [-0.3, -0.25) is 0 Å². The first-order chi connectivity index (χ1) is 11.1. The van der Waals surface area contributed by atoms with Gasteiger partial charge in [0.1, 0.15) is 0 Å². The Bertz CT molecular complexity index is 787. The molecular weight excluding hydrogens is 336 g/mol. The molecule has 0 unspecified atom stereocenters. The van der Waals surface area contributed by atoms with Gasteiger partial charge in [-0.1, -0.05) is 48.4 Å². The maximum atomic E-state index is 5.96. The first-order valence-electron chi connectivity index (χ1n) is 7.14. The molecule has 0 spiro atoms. The molecule has 0 amide bonds. The van der Waals surface area contributed by atoms with Crippen LogP contribution in [0.15, 0.2) is 38.4 Å². The van der Waals surface area contributed by atoms with Crippen LogP contribution in [-0.2, 0) is 12.2 Å². The highest BCUT2D eigenvalue weighted by Gasteiger charge is 2.13. The minimum atomic E-state index is 0.432. The van der Waals surface area contributed by atoms with Gasteiger partial charge in [-0.25, -0.2) is 0 Å². The molecule has 3 aromatic rings. The Kier molecular flexibility index (Phi) is 4.97. The lowest BCUT2D eigenvalue weighted by Gasteiger charge is -1.96. The van der Waals surface area contributed by atoms with Crippen molar-refractivity contribution in [1.82, 2.24) is 20.3 Å². The van der Waals surface area contributed by atoms with E-state index in [0.29, 0.717) is 33.7 Å². The number of thioether (sulfide) groups is 1. The number of halogens is 1. The molecule has 120 valence electrons. The first-order valence-corrected chi connectivity index (χ1v) is 8.50. The second kappa shape index (κ2) is 7.14. The zero-order valence-corrected chi connectivity index (χ0v) is 14.3. The van der Waals surface area contributed by atoms with Crippen LogP contribution >= 0.6 is 23.4 Å². The molecule has 3 rings (SSSR count). The molecule has 23 heavy (non-hydrogen) atoms. The predicted molar refractivity (Wildman–Crippen MR) is 87.1 cm³/mol. The first kappa shape index (κ1) is 16.0. The highest BCUT2D eigenvalue weighted by Crippen LogP contribution is 2.26. The lowest BCUT2D eigenvalue weighted by atomic mass is 10.1. The molecule has 0 bridgehead atoms. The summed E-state index contributed by atoms with van der Waals surface area (Å²) in [7, 11) is 0.